The number of rotatable bonds is 5. The maximum Gasteiger partial charge on any atom is 0.138 e. The highest BCUT2D eigenvalue weighted by atomic mass is 15.3. The summed E-state index contributed by atoms with van der Waals surface area (Å²) in [6.45, 7) is 4.27. The maximum atomic E-state index is 5.79. The number of hydrogen-bond donors (Lipinski definition) is 2. The summed E-state index contributed by atoms with van der Waals surface area (Å²) in [7, 11) is 0. The van der Waals surface area contributed by atoms with E-state index in [-0.39, 0.29) is 0 Å². The van der Waals surface area contributed by atoms with E-state index in [1.165, 1.54) is 38.5 Å². The fraction of sp³-hybridized carbons (Fsp3) is 0.857. The summed E-state index contributed by atoms with van der Waals surface area (Å²) in [5.74, 6) is 7.50. The quantitative estimate of drug-likeness (QED) is 0.486. The van der Waals surface area contributed by atoms with Crippen molar-refractivity contribution in [1.82, 2.24) is 20.2 Å². The van der Waals surface area contributed by atoms with Gasteiger partial charge in [-0.3, -0.25) is 11.3 Å². The number of nitrogens with two attached hydrogens (primary N) is 1. The predicted molar refractivity (Wildman–Crippen MR) is 76.4 cm³/mol. The van der Waals surface area contributed by atoms with Crippen LogP contribution in [0.15, 0.2) is 6.33 Å². The Labute approximate surface area is 115 Å². The van der Waals surface area contributed by atoms with E-state index in [1.54, 1.807) is 6.33 Å². The first-order chi connectivity index (χ1) is 9.22. The lowest BCUT2D eigenvalue weighted by molar-refractivity contribution is 0.311. The van der Waals surface area contributed by atoms with E-state index < -0.39 is 0 Å². The molecule has 0 radical (unpaired) electrons. The molecule has 1 unspecified atom stereocenters. The summed E-state index contributed by atoms with van der Waals surface area (Å²) in [5, 5.41) is 4.30. The highest BCUT2D eigenvalue weighted by molar-refractivity contribution is 4.93. The second-order valence-corrected chi connectivity index (χ2v) is 5.94. The highest BCUT2D eigenvalue weighted by Crippen LogP contribution is 2.26. The van der Waals surface area contributed by atoms with Crippen LogP contribution in [-0.4, -0.2) is 20.8 Å². The fourth-order valence-electron chi connectivity index (χ4n) is 3.12. The molecule has 1 aromatic heterocycles. The summed E-state index contributed by atoms with van der Waals surface area (Å²) in [5.41, 5.74) is 3.02. The molecular weight excluding hydrogens is 238 g/mol. The molecule has 0 spiro atoms. The van der Waals surface area contributed by atoms with Crippen molar-refractivity contribution in [2.45, 2.75) is 70.9 Å². The minimum atomic E-state index is 0.319. The van der Waals surface area contributed by atoms with Crippen molar-refractivity contribution in [1.29, 1.82) is 0 Å². The third-order valence-corrected chi connectivity index (χ3v) is 4.22. The lowest BCUT2D eigenvalue weighted by Crippen LogP contribution is -2.43. The summed E-state index contributed by atoms with van der Waals surface area (Å²) in [6.07, 6.45) is 10.5. The van der Waals surface area contributed by atoms with Gasteiger partial charge in [0.15, 0.2) is 0 Å². The molecule has 1 fully saturated rings. The predicted octanol–water partition coefficient (Wildman–Crippen LogP) is 2.20. The van der Waals surface area contributed by atoms with Crippen LogP contribution in [0.2, 0.25) is 0 Å². The number of nitrogens with one attached hydrogen (secondary N) is 1. The van der Waals surface area contributed by atoms with Crippen molar-refractivity contribution in [2.75, 3.05) is 0 Å². The SMILES string of the molecule is CC(C)n1ncnc1CC(NN)C1CCCCCC1. The number of hydrazine groups is 1. The van der Waals surface area contributed by atoms with Crippen LogP contribution < -0.4 is 11.3 Å². The normalized spacial score (nSPS) is 19.6. The van der Waals surface area contributed by atoms with Crippen molar-refractivity contribution in [3.63, 3.8) is 0 Å². The zero-order valence-electron chi connectivity index (χ0n) is 12.2. The lowest BCUT2D eigenvalue weighted by atomic mass is 9.90. The third-order valence-electron chi connectivity index (χ3n) is 4.22. The van der Waals surface area contributed by atoms with Gasteiger partial charge in [0.1, 0.15) is 12.2 Å². The van der Waals surface area contributed by atoms with Gasteiger partial charge in [-0.2, -0.15) is 5.10 Å². The standard InChI is InChI=1S/C14H27N5/c1-11(2)19-14(16-10-17-19)9-13(18-15)12-7-5-3-4-6-8-12/h10-13,18H,3-9,15H2,1-2H3. The smallest absolute Gasteiger partial charge is 0.138 e. The van der Waals surface area contributed by atoms with E-state index in [1.807, 2.05) is 4.68 Å². The van der Waals surface area contributed by atoms with Gasteiger partial charge in [0.05, 0.1) is 0 Å². The molecule has 0 aliphatic heterocycles. The van der Waals surface area contributed by atoms with Gasteiger partial charge in [0, 0.05) is 18.5 Å². The molecule has 5 heteroatoms. The van der Waals surface area contributed by atoms with Crippen LogP contribution in [-0.2, 0) is 6.42 Å². The molecule has 0 aromatic carbocycles. The average molecular weight is 265 g/mol. The molecule has 19 heavy (non-hydrogen) atoms. The molecule has 108 valence electrons. The summed E-state index contributed by atoms with van der Waals surface area (Å²) < 4.78 is 2.00. The van der Waals surface area contributed by atoms with E-state index in [9.17, 15) is 0 Å². The second-order valence-electron chi connectivity index (χ2n) is 5.94. The average Bonchev–Trinajstić information content (AvgIpc) is 2.69. The zero-order chi connectivity index (χ0) is 13.7. The van der Waals surface area contributed by atoms with Crippen molar-refractivity contribution in [3.05, 3.63) is 12.2 Å². The van der Waals surface area contributed by atoms with Gasteiger partial charge in [-0.05, 0) is 32.6 Å². The Kier molecular flexibility index (Phi) is 5.34. The molecule has 0 amide bonds. The van der Waals surface area contributed by atoms with Gasteiger partial charge in [0.25, 0.3) is 0 Å². The van der Waals surface area contributed by atoms with Crippen molar-refractivity contribution < 1.29 is 0 Å². The van der Waals surface area contributed by atoms with Gasteiger partial charge in [0.2, 0.25) is 0 Å². The fourth-order valence-corrected chi connectivity index (χ4v) is 3.12. The molecule has 1 saturated carbocycles. The number of aromatic nitrogens is 3. The molecule has 0 bridgehead atoms. The van der Waals surface area contributed by atoms with Crippen molar-refractivity contribution >= 4 is 0 Å². The number of hydrogen-bond acceptors (Lipinski definition) is 4. The van der Waals surface area contributed by atoms with Crippen molar-refractivity contribution in [2.24, 2.45) is 11.8 Å². The van der Waals surface area contributed by atoms with Crippen LogP contribution in [0.1, 0.15) is 64.2 Å². The molecule has 1 atom stereocenters. The van der Waals surface area contributed by atoms with Gasteiger partial charge < -0.3 is 0 Å². The molecule has 3 N–H and O–H groups in total. The molecule has 1 heterocycles. The van der Waals surface area contributed by atoms with E-state index in [2.05, 4.69) is 29.4 Å². The Bertz CT molecular complexity index is 366. The molecule has 2 rings (SSSR count). The highest BCUT2D eigenvalue weighted by Gasteiger charge is 2.24. The van der Waals surface area contributed by atoms with E-state index in [0.29, 0.717) is 18.0 Å². The second kappa shape index (κ2) is 7.01. The Hall–Kier alpha value is -0.940. The minimum absolute atomic E-state index is 0.319. The Morgan fingerprint density at radius 3 is 2.58 bits per heavy atom. The van der Waals surface area contributed by atoms with Crippen molar-refractivity contribution in [3.8, 4) is 0 Å². The van der Waals surface area contributed by atoms with Crippen LogP contribution >= 0.6 is 0 Å². The zero-order valence-corrected chi connectivity index (χ0v) is 12.2. The molecule has 1 aromatic rings. The molecule has 0 saturated heterocycles. The summed E-state index contributed by atoms with van der Waals surface area (Å²) in [6, 6.07) is 0.671. The monoisotopic (exact) mass is 265 g/mol. The molecule has 1 aliphatic carbocycles. The molecule has 5 nitrogen and oxygen atoms in total. The molecular formula is C14H27N5. The first kappa shape index (κ1) is 14.5. The van der Waals surface area contributed by atoms with Crippen LogP contribution in [0, 0.1) is 5.92 Å². The summed E-state index contributed by atoms with van der Waals surface area (Å²) in [4.78, 5) is 4.40. The molecule has 1 aliphatic rings. The van der Waals surface area contributed by atoms with Crippen LogP contribution in [0.3, 0.4) is 0 Å². The first-order valence-corrected chi connectivity index (χ1v) is 7.57. The van der Waals surface area contributed by atoms with Gasteiger partial charge in [-0.25, -0.2) is 9.67 Å². The topological polar surface area (TPSA) is 68.8 Å². The largest absolute Gasteiger partial charge is 0.271 e. The Morgan fingerprint density at radius 2 is 2.00 bits per heavy atom. The van der Waals surface area contributed by atoms with Gasteiger partial charge in [-0.15, -0.1) is 0 Å². The third kappa shape index (κ3) is 3.76. The van der Waals surface area contributed by atoms with Crippen LogP contribution in [0.5, 0.6) is 0 Å². The van der Waals surface area contributed by atoms with E-state index in [0.717, 1.165) is 12.2 Å². The van der Waals surface area contributed by atoms with Crippen LogP contribution in [0.4, 0.5) is 0 Å². The maximum absolute atomic E-state index is 5.79. The van der Waals surface area contributed by atoms with E-state index in [4.69, 9.17) is 5.84 Å². The lowest BCUT2D eigenvalue weighted by Gasteiger charge is -2.25. The minimum Gasteiger partial charge on any atom is -0.271 e. The van der Waals surface area contributed by atoms with Gasteiger partial charge >= 0.3 is 0 Å². The number of nitrogens with zero attached hydrogens (tertiary/aromatic N) is 3. The Morgan fingerprint density at radius 1 is 1.32 bits per heavy atom. The Balaban J connectivity index is 2.03. The van der Waals surface area contributed by atoms with Crippen LogP contribution in [0.25, 0.3) is 0 Å². The van der Waals surface area contributed by atoms with Gasteiger partial charge in [-0.1, -0.05) is 25.7 Å². The van der Waals surface area contributed by atoms with E-state index >= 15 is 0 Å². The summed E-state index contributed by atoms with van der Waals surface area (Å²) >= 11 is 0. The first-order valence-electron chi connectivity index (χ1n) is 7.57.